The summed E-state index contributed by atoms with van der Waals surface area (Å²) in [5, 5.41) is 0. The first kappa shape index (κ1) is 12.5. The van der Waals surface area contributed by atoms with Crippen molar-refractivity contribution < 1.29 is 9.53 Å². The molecule has 1 rings (SSSR count). The third-order valence-electron chi connectivity index (χ3n) is 1.74. The number of benzene rings is 1. The van der Waals surface area contributed by atoms with Gasteiger partial charge in [-0.1, -0.05) is 15.9 Å². The summed E-state index contributed by atoms with van der Waals surface area (Å²) >= 11 is 6.69. The van der Waals surface area contributed by atoms with Crippen molar-refractivity contribution in [1.29, 1.82) is 0 Å². The van der Waals surface area contributed by atoms with E-state index in [4.69, 9.17) is 4.74 Å². The van der Waals surface area contributed by atoms with Crippen LogP contribution < -0.4 is 4.74 Å². The number of amides is 1. The van der Waals surface area contributed by atoms with Gasteiger partial charge in [-0.25, -0.2) is 0 Å². The summed E-state index contributed by atoms with van der Waals surface area (Å²) in [4.78, 5) is 12.8. The van der Waals surface area contributed by atoms with Gasteiger partial charge in [0.15, 0.2) is 6.61 Å². The molecule has 0 spiro atoms. The number of carbonyl (C=O) groups excluding carboxylic acids is 1. The molecule has 0 saturated heterocycles. The van der Waals surface area contributed by atoms with Gasteiger partial charge in [0.25, 0.3) is 5.91 Å². The molecule has 0 N–H and O–H groups in total. The smallest absolute Gasteiger partial charge is 0.259 e. The van der Waals surface area contributed by atoms with Crippen LogP contribution in [0.2, 0.25) is 0 Å². The molecule has 82 valence electrons. The molecule has 0 radical (unpaired) electrons. The first-order valence-electron chi connectivity index (χ1n) is 4.28. The highest BCUT2D eigenvalue weighted by Crippen LogP contribution is 2.28. The Labute approximate surface area is 106 Å². The van der Waals surface area contributed by atoms with Crippen LogP contribution in [0.25, 0.3) is 0 Å². The first-order chi connectivity index (χ1) is 7.00. The molecule has 0 fully saturated rings. The van der Waals surface area contributed by atoms with E-state index >= 15 is 0 Å². The lowest BCUT2D eigenvalue weighted by Crippen LogP contribution is -2.27. The van der Waals surface area contributed by atoms with Crippen LogP contribution in [-0.2, 0) is 4.79 Å². The van der Waals surface area contributed by atoms with E-state index in [1.807, 2.05) is 12.1 Å². The number of ether oxygens (including phenoxy) is 1. The van der Waals surface area contributed by atoms with Gasteiger partial charge >= 0.3 is 0 Å². The average molecular weight is 337 g/mol. The van der Waals surface area contributed by atoms with Gasteiger partial charge in [-0.05, 0) is 34.1 Å². The maximum atomic E-state index is 11.3. The van der Waals surface area contributed by atoms with Crippen LogP contribution >= 0.6 is 31.9 Å². The topological polar surface area (TPSA) is 29.5 Å². The van der Waals surface area contributed by atoms with Crippen LogP contribution in [0.5, 0.6) is 5.75 Å². The molecule has 15 heavy (non-hydrogen) atoms. The molecule has 0 heterocycles. The molecule has 0 aliphatic carbocycles. The second kappa shape index (κ2) is 5.51. The monoisotopic (exact) mass is 335 g/mol. The van der Waals surface area contributed by atoms with Gasteiger partial charge in [0.05, 0.1) is 4.47 Å². The van der Waals surface area contributed by atoms with Crippen molar-refractivity contribution in [3.8, 4) is 5.75 Å². The number of hydrogen-bond acceptors (Lipinski definition) is 2. The van der Waals surface area contributed by atoms with Crippen molar-refractivity contribution >= 4 is 37.8 Å². The Kier molecular flexibility index (Phi) is 4.60. The van der Waals surface area contributed by atoms with Crippen molar-refractivity contribution in [2.75, 3.05) is 20.7 Å². The molecule has 0 atom stereocenters. The highest BCUT2D eigenvalue weighted by atomic mass is 79.9. The van der Waals surface area contributed by atoms with E-state index in [2.05, 4.69) is 31.9 Å². The lowest BCUT2D eigenvalue weighted by Gasteiger charge is -2.12. The zero-order chi connectivity index (χ0) is 11.4. The molecule has 0 aliphatic rings. The summed E-state index contributed by atoms with van der Waals surface area (Å²) < 4.78 is 7.14. The van der Waals surface area contributed by atoms with Crippen LogP contribution in [0.3, 0.4) is 0 Å². The quantitative estimate of drug-likeness (QED) is 0.849. The van der Waals surface area contributed by atoms with Crippen molar-refractivity contribution in [2.24, 2.45) is 0 Å². The van der Waals surface area contributed by atoms with Crippen molar-refractivity contribution in [1.82, 2.24) is 4.90 Å². The fraction of sp³-hybridized carbons (Fsp3) is 0.300. The van der Waals surface area contributed by atoms with Crippen LogP contribution in [0.15, 0.2) is 27.1 Å². The van der Waals surface area contributed by atoms with E-state index in [0.29, 0.717) is 5.75 Å². The number of nitrogens with zero attached hydrogens (tertiary/aromatic N) is 1. The zero-order valence-corrected chi connectivity index (χ0v) is 11.6. The van der Waals surface area contributed by atoms with Gasteiger partial charge in [-0.3, -0.25) is 4.79 Å². The molecule has 0 saturated carbocycles. The highest BCUT2D eigenvalue weighted by molar-refractivity contribution is 9.11. The summed E-state index contributed by atoms with van der Waals surface area (Å²) in [6.07, 6.45) is 0. The fourth-order valence-electron chi connectivity index (χ4n) is 0.861. The van der Waals surface area contributed by atoms with Gasteiger partial charge < -0.3 is 9.64 Å². The van der Waals surface area contributed by atoms with Gasteiger partial charge in [0, 0.05) is 18.6 Å². The number of hydrogen-bond donors (Lipinski definition) is 0. The minimum Gasteiger partial charge on any atom is -0.483 e. The zero-order valence-electron chi connectivity index (χ0n) is 8.46. The summed E-state index contributed by atoms with van der Waals surface area (Å²) in [7, 11) is 3.39. The lowest BCUT2D eigenvalue weighted by atomic mass is 10.3. The third kappa shape index (κ3) is 3.83. The summed E-state index contributed by atoms with van der Waals surface area (Å²) in [5.41, 5.74) is 0. The molecular weight excluding hydrogens is 326 g/mol. The molecule has 0 bridgehead atoms. The SMILES string of the molecule is CN(C)C(=O)COc1ccc(Br)cc1Br. The average Bonchev–Trinajstić information content (AvgIpc) is 2.15. The van der Waals surface area contributed by atoms with Crippen LogP contribution in [0, 0.1) is 0 Å². The molecule has 3 nitrogen and oxygen atoms in total. The summed E-state index contributed by atoms with van der Waals surface area (Å²) in [5.74, 6) is 0.596. The van der Waals surface area contributed by atoms with Gasteiger partial charge in [0.2, 0.25) is 0 Å². The molecule has 0 aromatic heterocycles. The number of halogens is 2. The van der Waals surface area contributed by atoms with Gasteiger partial charge in [-0.2, -0.15) is 0 Å². The predicted octanol–water partition coefficient (Wildman–Crippen LogP) is 2.68. The first-order valence-corrected chi connectivity index (χ1v) is 5.87. The van der Waals surface area contributed by atoms with Crippen LogP contribution in [0.4, 0.5) is 0 Å². The molecule has 1 amide bonds. The Balaban J connectivity index is 2.62. The van der Waals surface area contributed by atoms with Crippen molar-refractivity contribution in [3.05, 3.63) is 27.1 Å². The highest BCUT2D eigenvalue weighted by Gasteiger charge is 2.07. The maximum absolute atomic E-state index is 11.3. The molecule has 5 heteroatoms. The minimum atomic E-state index is -0.0650. The van der Waals surface area contributed by atoms with E-state index in [1.54, 1.807) is 20.2 Å². The fourth-order valence-corrected chi connectivity index (χ4v) is 2.02. The Morgan fingerprint density at radius 1 is 1.40 bits per heavy atom. The Morgan fingerprint density at radius 2 is 2.07 bits per heavy atom. The second-order valence-corrected chi connectivity index (χ2v) is 4.92. The Morgan fingerprint density at radius 3 is 2.60 bits per heavy atom. The molecule has 1 aromatic rings. The van der Waals surface area contributed by atoms with Crippen molar-refractivity contribution in [3.63, 3.8) is 0 Å². The normalized spacial score (nSPS) is 9.87. The van der Waals surface area contributed by atoms with Crippen molar-refractivity contribution in [2.45, 2.75) is 0 Å². The van der Waals surface area contributed by atoms with E-state index in [9.17, 15) is 4.79 Å². The molecule has 0 aliphatic heterocycles. The van der Waals surface area contributed by atoms with Crippen LogP contribution in [0.1, 0.15) is 0 Å². The van der Waals surface area contributed by atoms with Gasteiger partial charge in [0.1, 0.15) is 5.75 Å². The molecule has 1 aromatic carbocycles. The Hall–Kier alpha value is -0.550. The number of rotatable bonds is 3. The summed E-state index contributed by atoms with van der Waals surface area (Å²) in [6, 6.07) is 5.53. The van der Waals surface area contributed by atoms with E-state index in [-0.39, 0.29) is 12.5 Å². The Bertz CT molecular complexity index is 366. The minimum absolute atomic E-state index is 0.0488. The summed E-state index contributed by atoms with van der Waals surface area (Å²) in [6.45, 7) is 0.0488. The van der Waals surface area contributed by atoms with E-state index in [1.165, 1.54) is 4.90 Å². The number of carbonyl (C=O) groups is 1. The largest absolute Gasteiger partial charge is 0.483 e. The second-order valence-electron chi connectivity index (χ2n) is 3.15. The maximum Gasteiger partial charge on any atom is 0.259 e. The van der Waals surface area contributed by atoms with Crippen LogP contribution in [-0.4, -0.2) is 31.5 Å². The van der Waals surface area contributed by atoms with Gasteiger partial charge in [-0.15, -0.1) is 0 Å². The molecular formula is C10H11Br2NO2. The molecule has 0 unspecified atom stereocenters. The lowest BCUT2D eigenvalue weighted by molar-refractivity contribution is -0.130. The number of likely N-dealkylation sites (N-methyl/N-ethyl adjacent to an activating group) is 1. The third-order valence-corrected chi connectivity index (χ3v) is 2.86. The predicted molar refractivity (Wildman–Crippen MR) is 66.0 cm³/mol. The van der Waals surface area contributed by atoms with E-state index in [0.717, 1.165) is 8.95 Å². The van der Waals surface area contributed by atoms with E-state index < -0.39 is 0 Å². The standard InChI is InChI=1S/C10H11Br2NO2/c1-13(2)10(14)6-15-9-4-3-7(11)5-8(9)12/h3-5H,6H2,1-2H3.